The normalized spacial score (nSPS) is 19.2. The van der Waals surface area contributed by atoms with Crippen LogP contribution in [-0.4, -0.2) is 82.2 Å². The third-order valence-electron chi connectivity index (χ3n) is 22.1. The molecule has 0 aliphatic heterocycles. The zero-order valence-electron chi connectivity index (χ0n) is 56.5. The van der Waals surface area contributed by atoms with Crippen molar-refractivity contribution in [1.29, 1.82) is 0 Å². The van der Waals surface area contributed by atoms with Crippen LogP contribution in [0.1, 0.15) is 376 Å². The Morgan fingerprint density at radius 1 is 0.237 bits per heavy atom. The first-order chi connectivity index (χ1) is 39.3. The monoisotopic (exact) mass is 1230 g/mol. The highest BCUT2D eigenvalue weighted by molar-refractivity contribution is 7.61. The molecule has 2 unspecified atom stereocenters. The molecule has 0 aromatic heterocycles. The minimum absolute atomic E-state index is 0.127. The van der Waals surface area contributed by atoms with E-state index in [1.54, 1.807) is 191 Å². The van der Waals surface area contributed by atoms with Gasteiger partial charge in [0.25, 0.3) is 0 Å². The smallest absolute Gasteiger partial charge is 0.00575 e. The standard InChI is InChI=1S/C42H85P3.C32H65P3/c1-5-9-13-26-36-44(37-27-14-10-6-2)41(31-21-18-22-32-41)40(30-20-17-25-35-43)42(33-23-19-24-34-42)45(38-28-15-11-7-3)39-29-16-12-8-4;1-5-9-26-34(27-10-6-2)31(21-15-13-16-22-31)30(20-19-25-33)32(23-17-14-18-24-32)35(28-11-7-3)29-12-8-4/h40H,5-39,43H2,1-4H3;30H,5-29,33H2,1-4H3. The molecular weight excluding hydrogens is 1070 g/mol. The maximum absolute atomic E-state index is 3.12. The Kier molecular flexibility index (Phi) is 46.5. The molecule has 0 nitrogen and oxygen atoms in total. The maximum atomic E-state index is 3.12. The van der Waals surface area contributed by atoms with Crippen molar-refractivity contribution in [3.63, 3.8) is 0 Å². The molecule has 4 fully saturated rings. The molecule has 80 heavy (non-hydrogen) atoms. The summed E-state index contributed by atoms with van der Waals surface area (Å²) in [7, 11) is 6.75. The fourth-order valence-electron chi connectivity index (χ4n) is 17.8. The molecule has 0 heterocycles. The van der Waals surface area contributed by atoms with Gasteiger partial charge in [0.2, 0.25) is 0 Å². The zero-order valence-corrected chi connectivity index (χ0v) is 62.4. The molecule has 0 bridgehead atoms. The van der Waals surface area contributed by atoms with Crippen molar-refractivity contribution >= 4 is 50.2 Å². The molecule has 476 valence electrons. The van der Waals surface area contributed by atoms with E-state index >= 15 is 0 Å². The SMILES string of the molecule is CCCCCCP(CCCCCC)C1(C(CCCCCP)C2(P(CCCCCC)CCCCCC)CCCCC2)CCCCC1.CCCCP(CCCC)C1(C(CCCP)C2(P(CCCC)CCCC)CCCCC2)CCCCC1. The average Bonchev–Trinajstić information content (AvgIpc) is 3.65. The minimum atomic E-state index is 0.127. The van der Waals surface area contributed by atoms with E-state index in [2.05, 4.69) is 73.9 Å². The van der Waals surface area contributed by atoms with E-state index in [1.165, 1.54) is 192 Å². The number of hydrogen-bond acceptors (Lipinski definition) is 0. The number of unbranched alkanes of at least 4 members (excludes halogenated alkanes) is 18. The summed E-state index contributed by atoms with van der Waals surface area (Å²) < 4.78 is 0. The Morgan fingerprint density at radius 2 is 0.450 bits per heavy atom. The summed E-state index contributed by atoms with van der Waals surface area (Å²) in [6.07, 6.45) is 91.4. The molecular formula is C74H150P6. The molecule has 0 aromatic rings. The van der Waals surface area contributed by atoms with Gasteiger partial charge < -0.3 is 0 Å². The summed E-state index contributed by atoms with van der Waals surface area (Å²) in [5.74, 6) is 2.11. The first-order valence-electron chi connectivity index (χ1n) is 37.7. The maximum Gasteiger partial charge on any atom is -0.00575 e. The summed E-state index contributed by atoms with van der Waals surface area (Å²) >= 11 is 0. The van der Waals surface area contributed by atoms with E-state index < -0.39 is 0 Å². The lowest BCUT2D eigenvalue weighted by molar-refractivity contribution is 0.172. The largest absolute Gasteiger partial charge is 0.138 e. The van der Waals surface area contributed by atoms with Crippen LogP contribution in [-0.2, 0) is 0 Å². The lowest BCUT2D eigenvalue weighted by Gasteiger charge is -2.60. The van der Waals surface area contributed by atoms with Crippen LogP contribution in [0.25, 0.3) is 0 Å². The fraction of sp³-hybridized carbons (Fsp3) is 1.00. The van der Waals surface area contributed by atoms with Gasteiger partial charge in [-0.25, -0.2) is 0 Å². The molecule has 2 atom stereocenters. The number of hydrogen-bond donors (Lipinski definition) is 0. The minimum Gasteiger partial charge on any atom is -0.138 e. The van der Waals surface area contributed by atoms with Gasteiger partial charge in [-0.05, 0) is 222 Å². The molecule has 4 aliphatic carbocycles. The lowest BCUT2D eigenvalue weighted by Crippen LogP contribution is -2.53. The van der Waals surface area contributed by atoms with E-state index in [0.29, 0.717) is 0 Å². The van der Waals surface area contributed by atoms with Crippen LogP contribution in [0.3, 0.4) is 0 Å². The molecule has 0 radical (unpaired) electrons. The molecule has 4 aliphatic rings. The summed E-state index contributed by atoms with van der Waals surface area (Å²) in [4.78, 5) is 0. The Labute approximate surface area is 517 Å². The molecule has 4 rings (SSSR count). The summed E-state index contributed by atoms with van der Waals surface area (Å²) in [6, 6.07) is 0. The Bertz CT molecular complexity index is 1230. The topological polar surface area (TPSA) is 0 Å². The Morgan fingerprint density at radius 3 is 0.675 bits per heavy atom. The highest BCUT2D eigenvalue weighted by atomic mass is 31.1. The first kappa shape index (κ1) is 76.8. The van der Waals surface area contributed by atoms with Crippen molar-refractivity contribution < 1.29 is 0 Å². The van der Waals surface area contributed by atoms with Crippen molar-refractivity contribution in [3.8, 4) is 0 Å². The second-order valence-electron chi connectivity index (χ2n) is 27.9. The van der Waals surface area contributed by atoms with Crippen LogP contribution < -0.4 is 0 Å². The van der Waals surface area contributed by atoms with Crippen molar-refractivity contribution in [2.24, 2.45) is 11.8 Å². The quantitative estimate of drug-likeness (QED) is 0.0421. The zero-order chi connectivity index (χ0) is 57.9. The first-order valence-corrected chi connectivity index (χ1v) is 46.2. The molecule has 0 amide bonds. The van der Waals surface area contributed by atoms with Crippen LogP contribution in [0.4, 0.5) is 0 Å². The third kappa shape index (κ3) is 25.8. The van der Waals surface area contributed by atoms with Gasteiger partial charge in [0.15, 0.2) is 0 Å². The second kappa shape index (κ2) is 48.4. The number of rotatable bonds is 48. The predicted molar refractivity (Wildman–Crippen MR) is 390 cm³/mol. The van der Waals surface area contributed by atoms with Crippen molar-refractivity contribution in [3.05, 3.63) is 0 Å². The van der Waals surface area contributed by atoms with Crippen molar-refractivity contribution in [2.45, 2.75) is 397 Å². The Balaban J connectivity index is 0.000000433. The van der Waals surface area contributed by atoms with Crippen LogP contribution in [0, 0.1) is 11.8 Å². The third-order valence-corrected chi connectivity index (χ3v) is 37.9. The Hall–Kier alpha value is 2.58. The van der Waals surface area contributed by atoms with Gasteiger partial charge >= 0.3 is 0 Å². The van der Waals surface area contributed by atoms with Gasteiger partial charge in [-0.3, -0.25) is 0 Å². The van der Waals surface area contributed by atoms with Crippen molar-refractivity contribution in [2.75, 3.05) is 61.6 Å². The lowest BCUT2D eigenvalue weighted by atomic mass is 9.66. The molecule has 0 N–H and O–H groups in total. The van der Waals surface area contributed by atoms with Crippen LogP contribution in [0.2, 0.25) is 0 Å². The highest BCUT2D eigenvalue weighted by Gasteiger charge is 2.57. The summed E-state index contributed by atoms with van der Waals surface area (Å²) in [6.45, 7) is 19.4. The molecule has 4 saturated carbocycles. The van der Waals surface area contributed by atoms with Crippen molar-refractivity contribution in [1.82, 2.24) is 0 Å². The second-order valence-corrected chi connectivity index (χ2v) is 40.5. The van der Waals surface area contributed by atoms with Gasteiger partial charge in [-0.15, -0.1) is 50.2 Å². The van der Waals surface area contributed by atoms with E-state index in [1.807, 2.05) is 0 Å². The van der Waals surface area contributed by atoms with E-state index in [-0.39, 0.29) is 31.7 Å². The highest BCUT2D eigenvalue weighted by Crippen LogP contribution is 2.74. The van der Waals surface area contributed by atoms with Gasteiger partial charge in [-0.2, -0.15) is 0 Å². The van der Waals surface area contributed by atoms with E-state index in [4.69, 9.17) is 0 Å². The van der Waals surface area contributed by atoms with E-state index in [9.17, 15) is 0 Å². The molecule has 0 saturated heterocycles. The van der Waals surface area contributed by atoms with Gasteiger partial charge in [0, 0.05) is 0 Å². The average molecular weight is 1230 g/mol. The van der Waals surface area contributed by atoms with Crippen LogP contribution >= 0.6 is 50.2 Å². The molecule has 0 spiro atoms. The molecule has 0 aromatic carbocycles. The van der Waals surface area contributed by atoms with Crippen LogP contribution in [0.15, 0.2) is 0 Å². The summed E-state index contributed by atoms with van der Waals surface area (Å²) in [5, 5.41) is 2.90. The predicted octanol–water partition coefficient (Wildman–Crippen LogP) is 27.6. The summed E-state index contributed by atoms with van der Waals surface area (Å²) in [5.41, 5.74) is 0. The van der Waals surface area contributed by atoms with E-state index in [0.717, 1.165) is 32.5 Å². The fourth-order valence-corrected chi connectivity index (χ4v) is 35.3. The van der Waals surface area contributed by atoms with Gasteiger partial charge in [-0.1, -0.05) is 248 Å². The van der Waals surface area contributed by atoms with Gasteiger partial charge in [0.05, 0.1) is 0 Å². The van der Waals surface area contributed by atoms with Gasteiger partial charge in [0.1, 0.15) is 0 Å². The molecule has 6 heteroatoms. The van der Waals surface area contributed by atoms with Crippen LogP contribution in [0.5, 0.6) is 0 Å².